The molecule has 0 bridgehead atoms. The molecule has 5 nitrogen and oxygen atoms in total. The van der Waals surface area contributed by atoms with E-state index in [0.29, 0.717) is 31.0 Å². The van der Waals surface area contributed by atoms with Gasteiger partial charge in [0.1, 0.15) is 6.04 Å². The summed E-state index contributed by atoms with van der Waals surface area (Å²) in [7, 11) is 0. The SMILES string of the molecule is Cc1ccccc1C(=O)NC(CC(C)C)C(=O)NCCCCN. The molecule has 2 amide bonds. The minimum absolute atomic E-state index is 0.127. The molecule has 0 heterocycles. The lowest BCUT2D eigenvalue weighted by Crippen LogP contribution is -2.47. The van der Waals surface area contributed by atoms with Crippen LogP contribution in [0, 0.1) is 12.8 Å². The third-order valence-electron chi connectivity index (χ3n) is 3.65. The highest BCUT2D eigenvalue weighted by molar-refractivity contribution is 5.98. The second-order valence-electron chi connectivity index (χ2n) is 6.26. The summed E-state index contributed by atoms with van der Waals surface area (Å²) in [5.41, 5.74) is 6.95. The average Bonchev–Trinajstić information content (AvgIpc) is 2.50. The molecule has 4 N–H and O–H groups in total. The zero-order chi connectivity index (χ0) is 17.2. The summed E-state index contributed by atoms with van der Waals surface area (Å²) < 4.78 is 0. The molecule has 1 aromatic rings. The monoisotopic (exact) mass is 319 g/mol. The van der Waals surface area contributed by atoms with Gasteiger partial charge in [-0.15, -0.1) is 0 Å². The van der Waals surface area contributed by atoms with Crippen LogP contribution in [0.1, 0.15) is 49.0 Å². The first-order chi connectivity index (χ1) is 11.0. The van der Waals surface area contributed by atoms with E-state index in [1.54, 1.807) is 6.07 Å². The van der Waals surface area contributed by atoms with E-state index in [0.717, 1.165) is 18.4 Å². The van der Waals surface area contributed by atoms with Crippen molar-refractivity contribution in [1.82, 2.24) is 10.6 Å². The van der Waals surface area contributed by atoms with Crippen LogP contribution in [0.5, 0.6) is 0 Å². The molecule has 1 rings (SSSR count). The fraction of sp³-hybridized carbons (Fsp3) is 0.556. The van der Waals surface area contributed by atoms with Crippen LogP contribution in [-0.2, 0) is 4.79 Å². The van der Waals surface area contributed by atoms with Gasteiger partial charge in [0.2, 0.25) is 5.91 Å². The average molecular weight is 319 g/mol. The van der Waals surface area contributed by atoms with Crippen molar-refractivity contribution in [3.8, 4) is 0 Å². The molecule has 1 atom stereocenters. The van der Waals surface area contributed by atoms with E-state index in [9.17, 15) is 9.59 Å². The number of benzene rings is 1. The van der Waals surface area contributed by atoms with Gasteiger partial charge in [-0.05, 0) is 50.3 Å². The highest BCUT2D eigenvalue weighted by atomic mass is 16.2. The van der Waals surface area contributed by atoms with Crippen LogP contribution in [0.2, 0.25) is 0 Å². The van der Waals surface area contributed by atoms with Crippen molar-refractivity contribution < 1.29 is 9.59 Å². The first-order valence-corrected chi connectivity index (χ1v) is 8.30. The van der Waals surface area contributed by atoms with E-state index in [-0.39, 0.29) is 11.8 Å². The molecule has 5 heteroatoms. The van der Waals surface area contributed by atoms with Crippen LogP contribution in [0.15, 0.2) is 24.3 Å². The quantitative estimate of drug-likeness (QED) is 0.609. The zero-order valence-electron chi connectivity index (χ0n) is 14.4. The van der Waals surface area contributed by atoms with Gasteiger partial charge in [-0.25, -0.2) is 0 Å². The van der Waals surface area contributed by atoms with E-state index in [2.05, 4.69) is 10.6 Å². The summed E-state index contributed by atoms with van der Waals surface area (Å²) in [6, 6.07) is 6.86. The topological polar surface area (TPSA) is 84.2 Å². The van der Waals surface area contributed by atoms with Gasteiger partial charge in [-0.3, -0.25) is 9.59 Å². The van der Waals surface area contributed by atoms with Crippen LogP contribution >= 0.6 is 0 Å². The molecule has 1 unspecified atom stereocenters. The summed E-state index contributed by atoms with van der Waals surface area (Å²) >= 11 is 0. The van der Waals surface area contributed by atoms with Gasteiger partial charge in [-0.1, -0.05) is 32.0 Å². The molecule has 0 saturated heterocycles. The van der Waals surface area contributed by atoms with E-state index >= 15 is 0 Å². The van der Waals surface area contributed by atoms with Crippen LogP contribution in [0.4, 0.5) is 0 Å². The van der Waals surface area contributed by atoms with Crippen molar-refractivity contribution in [3.63, 3.8) is 0 Å². The van der Waals surface area contributed by atoms with Crippen molar-refractivity contribution in [2.24, 2.45) is 11.7 Å². The van der Waals surface area contributed by atoms with Gasteiger partial charge in [0.15, 0.2) is 0 Å². The molecule has 1 aromatic carbocycles. The van der Waals surface area contributed by atoms with Crippen molar-refractivity contribution in [2.45, 2.75) is 46.1 Å². The predicted molar refractivity (Wildman–Crippen MR) is 93.2 cm³/mol. The summed E-state index contributed by atoms with van der Waals surface area (Å²) in [4.78, 5) is 24.8. The molecule has 0 aromatic heterocycles. The van der Waals surface area contributed by atoms with Crippen molar-refractivity contribution in [3.05, 3.63) is 35.4 Å². The number of carbonyl (C=O) groups is 2. The predicted octanol–water partition coefficient (Wildman–Crippen LogP) is 1.99. The van der Waals surface area contributed by atoms with Crippen molar-refractivity contribution in [2.75, 3.05) is 13.1 Å². The molecule has 0 saturated carbocycles. The van der Waals surface area contributed by atoms with Gasteiger partial charge in [-0.2, -0.15) is 0 Å². The number of hydrogen-bond donors (Lipinski definition) is 3. The first-order valence-electron chi connectivity index (χ1n) is 8.30. The minimum atomic E-state index is -0.514. The number of nitrogens with one attached hydrogen (secondary N) is 2. The summed E-state index contributed by atoms with van der Waals surface area (Å²) in [6.45, 7) is 7.17. The molecule has 0 aliphatic heterocycles. The number of amides is 2. The van der Waals surface area contributed by atoms with Crippen LogP contribution < -0.4 is 16.4 Å². The maximum absolute atomic E-state index is 12.4. The molecule has 0 fully saturated rings. The Balaban J connectivity index is 2.68. The second-order valence-corrected chi connectivity index (χ2v) is 6.26. The smallest absolute Gasteiger partial charge is 0.252 e. The zero-order valence-corrected chi connectivity index (χ0v) is 14.4. The Kier molecular flexibility index (Phi) is 8.33. The Bertz CT molecular complexity index is 515. The summed E-state index contributed by atoms with van der Waals surface area (Å²) in [5.74, 6) is -0.0181. The van der Waals surface area contributed by atoms with Gasteiger partial charge >= 0.3 is 0 Å². The van der Waals surface area contributed by atoms with Crippen molar-refractivity contribution >= 4 is 11.8 Å². The fourth-order valence-corrected chi connectivity index (χ4v) is 2.37. The Morgan fingerprint density at radius 3 is 2.48 bits per heavy atom. The first kappa shape index (κ1) is 19.2. The largest absolute Gasteiger partial charge is 0.354 e. The number of aryl methyl sites for hydroxylation is 1. The molecule has 0 aliphatic carbocycles. The second kappa shape index (κ2) is 10.0. The molecular formula is C18H29N3O2. The maximum atomic E-state index is 12.4. The lowest BCUT2D eigenvalue weighted by atomic mass is 10.0. The normalized spacial score (nSPS) is 12.0. The third-order valence-corrected chi connectivity index (χ3v) is 3.65. The number of rotatable bonds is 9. The van der Waals surface area contributed by atoms with Crippen LogP contribution in [0.3, 0.4) is 0 Å². The van der Waals surface area contributed by atoms with Crippen LogP contribution in [0.25, 0.3) is 0 Å². The Morgan fingerprint density at radius 1 is 1.17 bits per heavy atom. The summed E-state index contributed by atoms with van der Waals surface area (Å²) in [5, 5.41) is 5.76. The number of nitrogens with two attached hydrogens (primary N) is 1. The lowest BCUT2D eigenvalue weighted by Gasteiger charge is -2.20. The van der Waals surface area contributed by atoms with Gasteiger partial charge < -0.3 is 16.4 Å². The Labute approximate surface area is 139 Å². The highest BCUT2D eigenvalue weighted by Gasteiger charge is 2.22. The molecule has 128 valence electrons. The molecule has 23 heavy (non-hydrogen) atoms. The molecule has 0 radical (unpaired) electrons. The highest BCUT2D eigenvalue weighted by Crippen LogP contribution is 2.10. The maximum Gasteiger partial charge on any atom is 0.252 e. The van der Waals surface area contributed by atoms with Crippen LogP contribution in [-0.4, -0.2) is 30.9 Å². The molecule has 0 spiro atoms. The minimum Gasteiger partial charge on any atom is -0.354 e. The van der Waals surface area contributed by atoms with Gasteiger partial charge in [0.05, 0.1) is 0 Å². The molecule has 0 aliphatic rings. The Hall–Kier alpha value is -1.88. The van der Waals surface area contributed by atoms with Gasteiger partial charge in [0.25, 0.3) is 5.91 Å². The molecular weight excluding hydrogens is 290 g/mol. The standard InChI is InChI=1S/C18H29N3O2/c1-13(2)12-16(18(23)20-11-7-6-10-19)21-17(22)15-9-5-4-8-14(15)3/h4-5,8-9,13,16H,6-7,10-12,19H2,1-3H3,(H,20,23)(H,21,22). The fourth-order valence-electron chi connectivity index (χ4n) is 2.37. The number of unbranched alkanes of at least 4 members (excludes halogenated alkanes) is 1. The van der Waals surface area contributed by atoms with Gasteiger partial charge in [0, 0.05) is 12.1 Å². The van der Waals surface area contributed by atoms with E-state index in [1.807, 2.05) is 39.0 Å². The van der Waals surface area contributed by atoms with E-state index in [1.165, 1.54) is 0 Å². The van der Waals surface area contributed by atoms with E-state index < -0.39 is 6.04 Å². The number of carbonyl (C=O) groups excluding carboxylic acids is 2. The Morgan fingerprint density at radius 2 is 1.87 bits per heavy atom. The van der Waals surface area contributed by atoms with Crippen molar-refractivity contribution in [1.29, 1.82) is 0 Å². The van der Waals surface area contributed by atoms with E-state index in [4.69, 9.17) is 5.73 Å². The lowest BCUT2D eigenvalue weighted by molar-refractivity contribution is -0.123. The number of hydrogen-bond acceptors (Lipinski definition) is 3. The summed E-state index contributed by atoms with van der Waals surface area (Å²) in [6.07, 6.45) is 2.34. The third kappa shape index (κ3) is 6.82.